The lowest BCUT2D eigenvalue weighted by Gasteiger charge is -1.92. The molecular formula is C8H9Br. The van der Waals surface area contributed by atoms with Gasteiger partial charge in [0.05, 0.1) is 0 Å². The molecule has 0 heterocycles. The summed E-state index contributed by atoms with van der Waals surface area (Å²) in [5, 5.41) is -1.66. The van der Waals surface area contributed by atoms with E-state index in [4.69, 9.17) is 4.11 Å². The molecule has 0 N–H and O–H groups in total. The first-order valence-electron chi connectivity index (χ1n) is 4.25. The van der Waals surface area contributed by atoms with E-state index in [0.717, 1.165) is 0 Å². The predicted molar refractivity (Wildman–Crippen MR) is 43.9 cm³/mol. The van der Waals surface area contributed by atoms with E-state index < -0.39 is 11.7 Å². The minimum atomic E-state index is -1.66. The second kappa shape index (κ2) is 3.67. The summed E-state index contributed by atoms with van der Waals surface area (Å²) in [4.78, 5) is 0. The molecule has 0 aliphatic rings. The van der Waals surface area contributed by atoms with E-state index in [1.54, 1.807) is 24.3 Å². The summed E-state index contributed by atoms with van der Waals surface area (Å²) in [5.74, 6) is 0. The van der Waals surface area contributed by atoms with E-state index in [0.29, 0.717) is 5.56 Å². The number of halogens is 1. The fourth-order valence-electron chi connectivity index (χ4n) is 0.612. The fourth-order valence-corrected chi connectivity index (χ4v) is 0.877. The second-order valence-electron chi connectivity index (χ2n) is 1.66. The molecule has 9 heavy (non-hydrogen) atoms. The van der Waals surface area contributed by atoms with Crippen LogP contribution in [0.1, 0.15) is 9.68 Å². The smallest absolute Gasteiger partial charge is 0.0390 e. The maximum absolute atomic E-state index is 7.54. The molecule has 0 radical (unpaired) electrons. The van der Waals surface area contributed by atoms with Crippen molar-refractivity contribution in [2.75, 3.05) is 5.28 Å². The van der Waals surface area contributed by atoms with Gasteiger partial charge in [-0.05, 0) is 12.0 Å². The van der Waals surface area contributed by atoms with Crippen LogP contribution in [0.5, 0.6) is 0 Å². The van der Waals surface area contributed by atoms with E-state index >= 15 is 0 Å². The van der Waals surface area contributed by atoms with Gasteiger partial charge in [0.1, 0.15) is 0 Å². The van der Waals surface area contributed by atoms with Crippen molar-refractivity contribution in [2.24, 2.45) is 0 Å². The summed E-state index contributed by atoms with van der Waals surface area (Å²) >= 11 is 2.83. The van der Waals surface area contributed by atoms with Gasteiger partial charge in [-0.25, -0.2) is 0 Å². The standard InChI is InChI=1S/C8H9Br/c9-7-6-8-4-2-1-3-5-8/h1-5H,6-7H2/i6D,7D2/t6-/m1/s1. The van der Waals surface area contributed by atoms with Crippen LogP contribution in [0.3, 0.4) is 0 Å². The number of rotatable bonds is 2. The Morgan fingerprint density at radius 3 is 2.56 bits per heavy atom. The molecule has 0 bridgehead atoms. The minimum Gasteiger partial charge on any atom is -0.0924 e. The molecule has 1 aromatic rings. The van der Waals surface area contributed by atoms with Gasteiger partial charge >= 0.3 is 0 Å². The van der Waals surface area contributed by atoms with Crippen LogP contribution in [0.4, 0.5) is 0 Å². The first kappa shape index (κ1) is 3.77. The molecule has 0 nitrogen and oxygen atoms in total. The van der Waals surface area contributed by atoms with Gasteiger partial charge in [-0.15, -0.1) is 0 Å². The summed E-state index contributed by atoms with van der Waals surface area (Å²) in [6.45, 7) is 0. The molecule has 0 amide bonds. The molecule has 0 aliphatic heterocycles. The monoisotopic (exact) mass is 187 g/mol. The summed E-state index contributed by atoms with van der Waals surface area (Å²) in [6.07, 6.45) is -0.876. The predicted octanol–water partition coefficient (Wildman–Crippen LogP) is 2.62. The van der Waals surface area contributed by atoms with Crippen molar-refractivity contribution in [3.8, 4) is 0 Å². The fraction of sp³-hybridized carbons (Fsp3) is 0.250. The highest BCUT2D eigenvalue weighted by Crippen LogP contribution is 2.00. The van der Waals surface area contributed by atoms with Crippen LogP contribution in [0.25, 0.3) is 0 Å². The lowest BCUT2D eigenvalue weighted by Crippen LogP contribution is -1.82. The highest BCUT2D eigenvalue weighted by molar-refractivity contribution is 9.09. The summed E-state index contributed by atoms with van der Waals surface area (Å²) < 4.78 is 22.1. The van der Waals surface area contributed by atoms with Crippen LogP contribution < -0.4 is 0 Å². The highest BCUT2D eigenvalue weighted by atomic mass is 79.9. The molecule has 0 saturated heterocycles. The molecule has 0 unspecified atom stereocenters. The Bertz CT molecular complexity index is 242. The number of aryl methyl sites for hydroxylation is 1. The minimum absolute atomic E-state index is 0.680. The molecule has 1 aromatic carbocycles. The zero-order chi connectivity index (χ0) is 9.19. The maximum Gasteiger partial charge on any atom is 0.0390 e. The van der Waals surface area contributed by atoms with Gasteiger partial charge in [0.15, 0.2) is 0 Å². The van der Waals surface area contributed by atoms with Crippen LogP contribution in [0.15, 0.2) is 30.3 Å². The molecule has 0 saturated carbocycles. The first-order valence-corrected chi connectivity index (χ1v) is 3.47. The third kappa shape index (κ3) is 2.19. The van der Waals surface area contributed by atoms with E-state index in [-0.39, 0.29) is 0 Å². The van der Waals surface area contributed by atoms with Crippen molar-refractivity contribution in [2.45, 2.75) is 6.40 Å². The van der Waals surface area contributed by atoms with Gasteiger partial charge < -0.3 is 0 Å². The molecule has 0 fully saturated rings. The van der Waals surface area contributed by atoms with Crippen molar-refractivity contribution < 1.29 is 4.11 Å². The van der Waals surface area contributed by atoms with E-state index in [1.807, 2.05) is 6.07 Å². The van der Waals surface area contributed by atoms with E-state index in [1.165, 1.54) is 0 Å². The average Bonchev–Trinajstić information content (AvgIpc) is 2.03. The molecule has 1 heteroatoms. The van der Waals surface area contributed by atoms with Gasteiger partial charge in [0.2, 0.25) is 0 Å². The largest absolute Gasteiger partial charge is 0.0924 e. The quantitative estimate of drug-likeness (QED) is 0.626. The zero-order valence-electron chi connectivity index (χ0n) is 7.84. The lowest BCUT2D eigenvalue weighted by atomic mass is 10.2. The Morgan fingerprint density at radius 2 is 2.00 bits per heavy atom. The maximum atomic E-state index is 7.54. The summed E-state index contributed by atoms with van der Waals surface area (Å²) in [6, 6.07) is 8.94. The highest BCUT2D eigenvalue weighted by Gasteiger charge is 1.85. The van der Waals surface area contributed by atoms with Crippen molar-refractivity contribution in [1.29, 1.82) is 0 Å². The van der Waals surface area contributed by atoms with Gasteiger partial charge in [-0.1, -0.05) is 46.3 Å². The molecule has 0 spiro atoms. The topological polar surface area (TPSA) is 0 Å². The molecule has 0 aromatic heterocycles. The average molecular weight is 188 g/mol. The van der Waals surface area contributed by atoms with Gasteiger partial charge in [0.25, 0.3) is 0 Å². The van der Waals surface area contributed by atoms with Crippen LogP contribution in [-0.4, -0.2) is 5.28 Å². The Kier molecular flexibility index (Phi) is 1.54. The number of benzene rings is 1. The van der Waals surface area contributed by atoms with Gasteiger partial charge in [-0.2, -0.15) is 0 Å². The van der Waals surface area contributed by atoms with Crippen LogP contribution in [0.2, 0.25) is 0 Å². The van der Waals surface area contributed by atoms with Gasteiger partial charge in [-0.3, -0.25) is 0 Å². The first-order chi connectivity index (χ1) is 5.52. The number of alkyl halides is 1. The molecule has 1 rings (SSSR count). The van der Waals surface area contributed by atoms with Crippen molar-refractivity contribution in [3.63, 3.8) is 0 Å². The molecule has 0 aliphatic carbocycles. The second-order valence-corrected chi connectivity index (χ2v) is 2.12. The summed E-state index contributed by atoms with van der Waals surface area (Å²) in [7, 11) is 0. The van der Waals surface area contributed by atoms with E-state index in [9.17, 15) is 0 Å². The summed E-state index contributed by atoms with van der Waals surface area (Å²) in [5.41, 5.74) is 0.680. The van der Waals surface area contributed by atoms with Crippen LogP contribution in [-0.2, 0) is 6.40 Å². The third-order valence-electron chi connectivity index (χ3n) is 1.02. The van der Waals surface area contributed by atoms with Crippen molar-refractivity contribution in [3.05, 3.63) is 35.9 Å². The van der Waals surface area contributed by atoms with Gasteiger partial charge in [0, 0.05) is 9.39 Å². The molecule has 1 atom stereocenters. The number of hydrogen-bond acceptors (Lipinski definition) is 0. The van der Waals surface area contributed by atoms with Crippen LogP contribution >= 0.6 is 15.9 Å². The lowest BCUT2D eigenvalue weighted by molar-refractivity contribution is 1.17. The Hall–Kier alpha value is -0.300. The Balaban J connectivity index is 2.86. The Labute approximate surface area is 68.2 Å². The van der Waals surface area contributed by atoms with Crippen molar-refractivity contribution in [1.82, 2.24) is 0 Å². The zero-order valence-corrected chi connectivity index (χ0v) is 6.43. The third-order valence-corrected chi connectivity index (χ3v) is 1.25. The number of hydrogen-bond donors (Lipinski definition) is 0. The van der Waals surface area contributed by atoms with Crippen molar-refractivity contribution >= 4 is 15.9 Å². The molecular weight excluding hydrogens is 176 g/mol. The Morgan fingerprint density at radius 1 is 1.33 bits per heavy atom. The normalized spacial score (nSPS) is 19.4. The van der Waals surface area contributed by atoms with E-state index in [2.05, 4.69) is 15.9 Å². The molecule has 48 valence electrons. The SMILES string of the molecule is [2H][C@@H](c1ccccc1)C([2H])([2H])Br. The van der Waals surface area contributed by atoms with Crippen LogP contribution in [0, 0.1) is 0 Å².